The second kappa shape index (κ2) is 3.67. The first-order chi connectivity index (χ1) is 7.88. The molecular formula is C13H14N2O. The molecule has 16 heavy (non-hydrogen) atoms. The molecule has 3 rings (SSSR count). The number of aryl methyl sites for hydroxylation is 1. The first-order valence-corrected chi connectivity index (χ1v) is 5.57. The summed E-state index contributed by atoms with van der Waals surface area (Å²) in [6, 6.07) is 8.10. The number of aromatic nitrogens is 2. The zero-order valence-corrected chi connectivity index (χ0v) is 9.31. The summed E-state index contributed by atoms with van der Waals surface area (Å²) in [6.45, 7) is 1.11. The maximum Gasteiger partial charge on any atom is 0.118 e. The molecule has 0 spiro atoms. The van der Waals surface area contributed by atoms with Crippen LogP contribution in [-0.2, 0) is 13.0 Å². The quantitative estimate of drug-likeness (QED) is 0.768. The van der Waals surface area contributed by atoms with Gasteiger partial charge in [-0.05, 0) is 37.1 Å². The fourth-order valence-electron chi connectivity index (χ4n) is 2.27. The fourth-order valence-corrected chi connectivity index (χ4v) is 2.27. The van der Waals surface area contributed by atoms with E-state index in [1.165, 1.54) is 17.7 Å². The molecule has 0 bridgehead atoms. The van der Waals surface area contributed by atoms with Crippen molar-refractivity contribution < 1.29 is 4.74 Å². The highest BCUT2D eigenvalue weighted by molar-refractivity contribution is 5.63. The molecule has 0 atom stereocenters. The Labute approximate surface area is 94.7 Å². The fraction of sp³-hybridized carbons (Fsp3) is 0.308. The van der Waals surface area contributed by atoms with Crippen LogP contribution in [0.5, 0.6) is 5.75 Å². The standard InChI is InChI=1S/C13H14N2O/c1-16-11-6-4-10(5-7-11)13-12-3-2-8-15(12)9-14-13/h4-7,9H,2-3,8H2,1H3. The number of rotatable bonds is 2. The Hall–Kier alpha value is -1.77. The molecule has 3 nitrogen and oxygen atoms in total. The van der Waals surface area contributed by atoms with E-state index in [4.69, 9.17) is 4.74 Å². The lowest BCUT2D eigenvalue weighted by molar-refractivity contribution is 0.415. The number of nitrogens with zero attached hydrogens (tertiary/aromatic N) is 2. The van der Waals surface area contributed by atoms with Gasteiger partial charge >= 0.3 is 0 Å². The molecule has 82 valence electrons. The third-order valence-corrected chi connectivity index (χ3v) is 3.12. The number of hydrogen-bond acceptors (Lipinski definition) is 2. The van der Waals surface area contributed by atoms with Crippen molar-refractivity contribution in [1.29, 1.82) is 0 Å². The number of imidazole rings is 1. The van der Waals surface area contributed by atoms with Gasteiger partial charge in [0.1, 0.15) is 5.75 Å². The zero-order chi connectivity index (χ0) is 11.0. The van der Waals surface area contributed by atoms with Crippen molar-refractivity contribution in [2.24, 2.45) is 0 Å². The second-order valence-corrected chi connectivity index (χ2v) is 4.07. The summed E-state index contributed by atoms with van der Waals surface area (Å²) in [5, 5.41) is 0. The molecule has 1 aliphatic rings. The molecule has 2 heterocycles. The smallest absolute Gasteiger partial charge is 0.118 e. The minimum absolute atomic E-state index is 0.889. The van der Waals surface area contributed by atoms with Crippen LogP contribution in [0.15, 0.2) is 30.6 Å². The van der Waals surface area contributed by atoms with Gasteiger partial charge in [-0.25, -0.2) is 4.98 Å². The van der Waals surface area contributed by atoms with Gasteiger partial charge in [0.25, 0.3) is 0 Å². The summed E-state index contributed by atoms with van der Waals surface area (Å²) >= 11 is 0. The Morgan fingerprint density at radius 3 is 2.81 bits per heavy atom. The highest BCUT2D eigenvalue weighted by atomic mass is 16.5. The van der Waals surface area contributed by atoms with E-state index in [0.29, 0.717) is 0 Å². The van der Waals surface area contributed by atoms with E-state index in [9.17, 15) is 0 Å². The van der Waals surface area contributed by atoms with Gasteiger partial charge in [0.15, 0.2) is 0 Å². The highest BCUT2D eigenvalue weighted by Gasteiger charge is 2.16. The molecule has 0 N–H and O–H groups in total. The van der Waals surface area contributed by atoms with Gasteiger partial charge in [-0.15, -0.1) is 0 Å². The molecule has 0 saturated carbocycles. The molecule has 1 aromatic carbocycles. The SMILES string of the molecule is COc1ccc(-c2ncn3c2CCC3)cc1. The summed E-state index contributed by atoms with van der Waals surface area (Å²) in [7, 11) is 1.68. The largest absolute Gasteiger partial charge is 0.497 e. The predicted octanol–water partition coefficient (Wildman–Crippen LogP) is 2.50. The maximum atomic E-state index is 5.15. The van der Waals surface area contributed by atoms with Gasteiger partial charge in [-0.2, -0.15) is 0 Å². The van der Waals surface area contributed by atoms with Crippen LogP contribution in [0.3, 0.4) is 0 Å². The zero-order valence-electron chi connectivity index (χ0n) is 9.31. The normalized spacial score (nSPS) is 13.8. The summed E-state index contributed by atoms with van der Waals surface area (Å²) < 4.78 is 7.40. The van der Waals surface area contributed by atoms with Crippen molar-refractivity contribution in [2.45, 2.75) is 19.4 Å². The monoisotopic (exact) mass is 214 g/mol. The topological polar surface area (TPSA) is 27.1 Å². The van der Waals surface area contributed by atoms with Gasteiger partial charge < -0.3 is 9.30 Å². The lowest BCUT2D eigenvalue weighted by Gasteiger charge is -2.02. The molecule has 3 heteroatoms. The lowest BCUT2D eigenvalue weighted by Crippen LogP contribution is -1.89. The summed E-state index contributed by atoms with van der Waals surface area (Å²) in [6.07, 6.45) is 4.32. The van der Waals surface area contributed by atoms with Gasteiger partial charge in [0.2, 0.25) is 0 Å². The van der Waals surface area contributed by atoms with Crippen LogP contribution >= 0.6 is 0 Å². The van der Waals surface area contributed by atoms with Crippen LogP contribution in [-0.4, -0.2) is 16.7 Å². The van der Waals surface area contributed by atoms with Crippen molar-refractivity contribution >= 4 is 0 Å². The van der Waals surface area contributed by atoms with E-state index in [2.05, 4.69) is 21.7 Å². The summed E-state index contributed by atoms with van der Waals surface area (Å²) in [4.78, 5) is 4.49. The van der Waals surface area contributed by atoms with Gasteiger partial charge in [-0.3, -0.25) is 0 Å². The molecule has 0 amide bonds. The first kappa shape index (κ1) is 9.46. The van der Waals surface area contributed by atoms with E-state index in [-0.39, 0.29) is 0 Å². The molecule has 0 aliphatic carbocycles. The van der Waals surface area contributed by atoms with Crippen LogP contribution in [0.4, 0.5) is 0 Å². The Kier molecular flexibility index (Phi) is 2.17. The van der Waals surface area contributed by atoms with Crippen LogP contribution < -0.4 is 4.74 Å². The first-order valence-electron chi connectivity index (χ1n) is 5.57. The Balaban J connectivity index is 2.01. The van der Waals surface area contributed by atoms with E-state index >= 15 is 0 Å². The van der Waals surface area contributed by atoms with Crippen LogP contribution in [0.1, 0.15) is 12.1 Å². The van der Waals surface area contributed by atoms with E-state index in [1.54, 1.807) is 7.11 Å². The van der Waals surface area contributed by atoms with Crippen molar-refractivity contribution in [3.8, 4) is 17.0 Å². The van der Waals surface area contributed by atoms with Crippen molar-refractivity contribution in [3.05, 3.63) is 36.3 Å². The van der Waals surface area contributed by atoms with Gasteiger partial charge in [0, 0.05) is 17.8 Å². The molecule has 2 aromatic rings. The third kappa shape index (κ3) is 1.40. The molecular weight excluding hydrogens is 200 g/mol. The molecule has 1 aliphatic heterocycles. The molecule has 0 saturated heterocycles. The predicted molar refractivity (Wildman–Crippen MR) is 62.5 cm³/mol. The Morgan fingerprint density at radius 1 is 1.25 bits per heavy atom. The third-order valence-electron chi connectivity index (χ3n) is 3.12. The number of ether oxygens (including phenoxy) is 1. The van der Waals surface area contributed by atoms with Crippen LogP contribution in [0.2, 0.25) is 0 Å². The summed E-state index contributed by atoms with van der Waals surface area (Å²) in [5.74, 6) is 0.889. The van der Waals surface area contributed by atoms with Crippen LogP contribution in [0.25, 0.3) is 11.3 Å². The van der Waals surface area contributed by atoms with Crippen molar-refractivity contribution in [1.82, 2.24) is 9.55 Å². The minimum atomic E-state index is 0.889. The minimum Gasteiger partial charge on any atom is -0.497 e. The van der Waals surface area contributed by atoms with Gasteiger partial charge in [-0.1, -0.05) is 0 Å². The number of methoxy groups -OCH3 is 1. The highest BCUT2D eigenvalue weighted by Crippen LogP contribution is 2.28. The number of benzene rings is 1. The molecule has 0 unspecified atom stereocenters. The van der Waals surface area contributed by atoms with E-state index in [1.807, 2.05) is 18.5 Å². The molecule has 0 radical (unpaired) electrons. The average molecular weight is 214 g/mol. The second-order valence-electron chi connectivity index (χ2n) is 4.07. The Bertz CT molecular complexity index is 499. The average Bonchev–Trinajstić information content (AvgIpc) is 2.91. The number of hydrogen-bond donors (Lipinski definition) is 0. The van der Waals surface area contributed by atoms with Gasteiger partial charge in [0.05, 0.1) is 19.1 Å². The van der Waals surface area contributed by atoms with E-state index in [0.717, 1.165) is 24.4 Å². The van der Waals surface area contributed by atoms with Crippen LogP contribution in [0, 0.1) is 0 Å². The molecule has 1 aromatic heterocycles. The number of fused-ring (bicyclic) bond motifs is 1. The lowest BCUT2D eigenvalue weighted by atomic mass is 10.1. The van der Waals surface area contributed by atoms with E-state index < -0.39 is 0 Å². The van der Waals surface area contributed by atoms with Crippen molar-refractivity contribution in [3.63, 3.8) is 0 Å². The maximum absolute atomic E-state index is 5.15. The molecule has 0 fully saturated rings. The Morgan fingerprint density at radius 2 is 2.06 bits per heavy atom. The summed E-state index contributed by atoms with van der Waals surface area (Å²) in [5.41, 5.74) is 3.67. The van der Waals surface area contributed by atoms with Crippen molar-refractivity contribution in [2.75, 3.05) is 7.11 Å².